The molecule has 1 aromatic heterocycles. The molecule has 0 unspecified atom stereocenters. The van der Waals surface area contributed by atoms with Crippen LogP contribution in [0.3, 0.4) is 0 Å². The molecule has 1 N–H and O–H groups in total. The van der Waals surface area contributed by atoms with Crippen LogP contribution in [0.15, 0.2) is 6.07 Å². The first-order valence-electron chi connectivity index (χ1n) is 5.73. The second-order valence-electron chi connectivity index (χ2n) is 4.20. The van der Waals surface area contributed by atoms with Gasteiger partial charge in [-0.1, -0.05) is 0 Å². The molecule has 0 bridgehead atoms. The standard InChI is InChI=1S/C12H18N2O3/c1-14-7-9-6-11(16-2)12(13-10(9)8-14)17-5-3-4-15/h6,15H,3-5,7-8H2,1-2H3. The highest BCUT2D eigenvalue weighted by Crippen LogP contribution is 2.31. The van der Waals surface area contributed by atoms with Gasteiger partial charge in [-0.3, -0.25) is 4.90 Å². The highest BCUT2D eigenvalue weighted by molar-refractivity contribution is 5.41. The topological polar surface area (TPSA) is 54.8 Å². The molecule has 0 saturated heterocycles. The molecule has 0 atom stereocenters. The van der Waals surface area contributed by atoms with Gasteiger partial charge in [0.15, 0.2) is 5.75 Å². The van der Waals surface area contributed by atoms with Crippen LogP contribution in [0.5, 0.6) is 11.6 Å². The van der Waals surface area contributed by atoms with Crippen LogP contribution >= 0.6 is 0 Å². The monoisotopic (exact) mass is 238 g/mol. The van der Waals surface area contributed by atoms with Crippen LogP contribution in [0, 0.1) is 0 Å². The summed E-state index contributed by atoms with van der Waals surface area (Å²) in [4.78, 5) is 6.66. The summed E-state index contributed by atoms with van der Waals surface area (Å²) in [7, 11) is 3.67. The molecule has 2 heterocycles. The Hall–Kier alpha value is -1.33. The number of hydrogen-bond donors (Lipinski definition) is 1. The van der Waals surface area contributed by atoms with Gasteiger partial charge in [-0.15, -0.1) is 0 Å². The predicted octanol–water partition coefficient (Wildman–Crippen LogP) is 0.797. The van der Waals surface area contributed by atoms with E-state index in [0.29, 0.717) is 24.7 Å². The number of pyridine rings is 1. The molecule has 2 rings (SSSR count). The Morgan fingerprint density at radius 2 is 2.29 bits per heavy atom. The van der Waals surface area contributed by atoms with Crippen LogP contribution in [0.25, 0.3) is 0 Å². The van der Waals surface area contributed by atoms with Gasteiger partial charge in [0, 0.05) is 26.1 Å². The van der Waals surface area contributed by atoms with Crippen LogP contribution in [-0.4, -0.2) is 42.4 Å². The third-order valence-corrected chi connectivity index (χ3v) is 2.74. The number of rotatable bonds is 5. The normalized spacial score (nSPS) is 14.8. The van der Waals surface area contributed by atoms with Crippen molar-refractivity contribution in [3.05, 3.63) is 17.3 Å². The minimum Gasteiger partial charge on any atom is -0.491 e. The number of hydrogen-bond acceptors (Lipinski definition) is 5. The summed E-state index contributed by atoms with van der Waals surface area (Å²) in [6, 6.07) is 1.99. The molecule has 5 nitrogen and oxygen atoms in total. The average molecular weight is 238 g/mol. The van der Waals surface area contributed by atoms with E-state index < -0.39 is 0 Å². The summed E-state index contributed by atoms with van der Waals surface area (Å²) < 4.78 is 10.8. The Morgan fingerprint density at radius 3 is 3.00 bits per heavy atom. The molecule has 1 aliphatic rings. The molecule has 0 amide bonds. The molecule has 0 spiro atoms. The lowest BCUT2D eigenvalue weighted by Crippen LogP contribution is -2.08. The molecule has 1 aliphatic heterocycles. The van der Waals surface area contributed by atoms with Crippen LogP contribution in [0.1, 0.15) is 17.7 Å². The Kier molecular flexibility index (Phi) is 3.81. The minimum atomic E-state index is 0.121. The molecular formula is C12H18N2O3. The lowest BCUT2D eigenvalue weighted by Gasteiger charge is -2.10. The number of aromatic nitrogens is 1. The third kappa shape index (κ3) is 2.68. The van der Waals surface area contributed by atoms with Crippen LogP contribution in [-0.2, 0) is 13.1 Å². The molecule has 0 fully saturated rings. The van der Waals surface area contributed by atoms with Gasteiger partial charge in [0.05, 0.1) is 19.4 Å². The number of ether oxygens (including phenoxy) is 2. The van der Waals surface area contributed by atoms with Gasteiger partial charge in [-0.05, 0) is 18.7 Å². The lowest BCUT2D eigenvalue weighted by molar-refractivity contribution is 0.222. The summed E-state index contributed by atoms with van der Waals surface area (Å²) in [6.07, 6.45) is 0.599. The van der Waals surface area contributed by atoms with Crippen molar-refractivity contribution in [2.24, 2.45) is 0 Å². The first kappa shape index (κ1) is 12.1. The molecule has 1 aromatic rings. The lowest BCUT2D eigenvalue weighted by atomic mass is 10.2. The number of fused-ring (bicyclic) bond motifs is 1. The van der Waals surface area contributed by atoms with Crippen molar-refractivity contribution in [2.45, 2.75) is 19.5 Å². The first-order valence-corrected chi connectivity index (χ1v) is 5.73. The van der Waals surface area contributed by atoms with Crippen molar-refractivity contribution < 1.29 is 14.6 Å². The Morgan fingerprint density at radius 1 is 1.47 bits per heavy atom. The van der Waals surface area contributed by atoms with E-state index in [0.717, 1.165) is 18.8 Å². The molecule has 0 aliphatic carbocycles. The van der Waals surface area contributed by atoms with E-state index in [2.05, 4.69) is 16.9 Å². The maximum Gasteiger partial charge on any atom is 0.257 e. The Labute approximate surface area is 101 Å². The van der Waals surface area contributed by atoms with E-state index >= 15 is 0 Å². The number of nitrogens with zero attached hydrogens (tertiary/aromatic N) is 2. The summed E-state index contributed by atoms with van der Waals surface area (Å²) in [6.45, 7) is 2.32. The first-order chi connectivity index (χ1) is 8.24. The van der Waals surface area contributed by atoms with Crippen LogP contribution < -0.4 is 9.47 Å². The quantitative estimate of drug-likeness (QED) is 0.769. The minimum absolute atomic E-state index is 0.121. The van der Waals surface area contributed by atoms with E-state index in [1.807, 2.05) is 6.07 Å². The number of aliphatic hydroxyl groups is 1. The molecular weight excluding hydrogens is 220 g/mol. The van der Waals surface area contributed by atoms with E-state index in [1.54, 1.807) is 7.11 Å². The summed E-state index contributed by atoms with van der Waals surface area (Å²) in [5.74, 6) is 1.19. The van der Waals surface area contributed by atoms with Gasteiger partial charge in [0.25, 0.3) is 5.88 Å². The maximum absolute atomic E-state index is 8.72. The summed E-state index contributed by atoms with van der Waals surface area (Å²) in [5.41, 5.74) is 2.24. The molecule has 0 saturated carbocycles. The molecule has 94 valence electrons. The van der Waals surface area contributed by atoms with Crippen LogP contribution in [0.2, 0.25) is 0 Å². The van der Waals surface area contributed by atoms with Gasteiger partial charge in [0.2, 0.25) is 0 Å². The van der Waals surface area contributed by atoms with Crippen molar-refractivity contribution in [1.29, 1.82) is 0 Å². The van der Waals surface area contributed by atoms with E-state index in [4.69, 9.17) is 14.6 Å². The SMILES string of the molecule is COc1cc2c(nc1OCCCO)CN(C)C2. The Bertz CT molecular complexity index is 396. The smallest absolute Gasteiger partial charge is 0.257 e. The fourth-order valence-electron chi connectivity index (χ4n) is 1.91. The van der Waals surface area contributed by atoms with Gasteiger partial charge < -0.3 is 14.6 Å². The fraction of sp³-hybridized carbons (Fsp3) is 0.583. The van der Waals surface area contributed by atoms with Crippen molar-refractivity contribution in [3.63, 3.8) is 0 Å². The summed E-state index contributed by atoms with van der Waals surface area (Å²) >= 11 is 0. The molecule has 17 heavy (non-hydrogen) atoms. The highest BCUT2D eigenvalue weighted by atomic mass is 16.5. The van der Waals surface area contributed by atoms with Gasteiger partial charge in [-0.25, -0.2) is 4.98 Å². The highest BCUT2D eigenvalue weighted by Gasteiger charge is 2.20. The van der Waals surface area contributed by atoms with E-state index in [1.165, 1.54) is 5.56 Å². The molecule has 0 aromatic carbocycles. The van der Waals surface area contributed by atoms with Gasteiger partial charge in [0.1, 0.15) is 0 Å². The fourth-order valence-corrected chi connectivity index (χ4v) is 1.91. The zero-order chi connectivity index (χ0) is 12.3. The largest absolute Gasteiger partial charge is 0.491 e. The van der Waals surface area contributed by atoms with Crippen LogP contribution in [0.4, 0.5) is 0 Å². The number of methoxy groups -OCH3 is 1. The summed E-state index contributed by atoms with van der Waals surface area (Å²) in [5, 5.41) is 8.72. The zero-order valence-electron chi connectivity index (χ0n) is 10.3. The third-order valence-electron chi connectivity index (χ3n) is 2.74. The van der Waals surface area contributed by atoms with E-state index in [-0.39, 0.29) is 6.61 Å². The second-order valence-corrected chi connectivity index (χ2v) is 4.20. The van der Waals surface area contributed by atoms with E-state index in [9.17, 15) is 0 Å². The van der Waals surface area contributed by atoms with Gasteiger partial charge >= 0.3 is 0 Å². The zero-order valence-corrected chi connectivity index (χ0v) is 10.3. The predicted molar refractivity (Wildman–Crippen MR) is 63.2 cm³/mol. The van der Waals surface area contributed by atoms with Crippen molar-refractivity contribution in [3.8, 4) is 11.6 Å². The van der Waals surface area contributed by atoms with Gasteiger partial charge in [-0.2, -0.15) is 0 Å². The van der Waals surface area contributed by atoms with Crippen molar-refractivity contribution in [2.75, 3.05) is 27.4 Å². The number of aliphatic hydroxyl groups excluding tert-OH is 1. The average Bonchev–Trinajstić information content (AvgIpc) is 2.67. The Balaban J connectivity index is 2.17. The van der Waals surface area contributed by atoms with Crippen molar-refractivity contribution >= 4 is 0 Å². The second kappa shape index (κ2) is 5.33. The molecule has 5 heteroatoms. The molecule has 0 radical (unpaired) electrons. The van der Waals surface area contributed by atoms with Crippen molar-refractivity contribution in [1.82, 2.24) is 9.88 Å². The maximum atomic E-state index is 8.72.